The third-order valence-electron chi connectivity index (χ3n) is 1.31. The first-order valence-electron chi connectivity index (χ1n) is 4.18. The van der Waals surface area contributed by atoms with E-state index in [4.69, 9.17) is 0 Å². The minimum Gasteiger partial charge on any atom is -0.143 e. The highest BCUT2D eigenvalue weighted by Gasteiger charge is 1.97. The van der Waals surface area contributed by atoms with E-state index in [0.717, 1.165) is 21.6 Å². The maximum absolute atomic E-state index is 4.08. The molecule has 1 rings (SSSR count). The largest absolute Gasteiger partial charge is 0.143 e. The summed E-state index contributed by atoms with van der Waals surface area (Å²) >= 11 is 3.26. The predicted molar refractivity (Wildman–Crippen MR) is 63.9 cm³/mol. The zero-order chi connectivity index (χ0) is 10.2. The van der Waals surface area contributed by atoms with Gasteiger partial charge in [0, 0.05) is 11.5 Å². The maximum atomic E-state index is 4.08. The highest BCUT2D eigenvalue weighted by molar-refractivity contribution is 7.99. The Morgan fingerprint density at radius 2 is 1.43 bits per heavy atom. The zero-order valence-electron chi connectivity index (χ0n) is 7.85. The topological polar surface area (TPSA) is 25.8 Å². The summed E-state index contributed by atoms with van der Waals surface area (Å²) in [5, 5.41) is 10.0. The molecule has 4 heteroatoms. The quantitative estimate of drug-likeness (QED) is 0.548. The van der Waals surface area contributed by atoms with Gasteiger partial charge in [-0.2, -0.15) is 0 Å². The lowest BCUT2D eigenvalue weighted by Gasteiger charge is -1.98. The summed E-state index contributed by atoms with van der Waals surface area (Å²) in [5.41, 5.74) is 0. The van der Waals surface area contributed by atoms with E-state index in [0.29, 0.717) is 0 Å². The Morgan fingerprint density at radius 1 is 1.00 bits per heavy atom. The average molecular weight is 224 g/mol. The Kier molecular flexibility index (Phi) is 5.40. The van der Waals surface area contributed by atoms with Crippen LogP contribution in [0.5, 0.6) is 0 Å². The van der Waals surface area contributed by atoms with Gasteiger partial charge in [0.25, 0.3) is 0 Å². The van der Waals surface area contributed by atoms with Crippen LogP contribution in [0.3, 0.4) is 0 Å². The number of aromatic nitrogens is 2. The second kappa shape index (κ2) is 6.68. The average Bonchev–Trinajstić information content (AvgIpc) is 2.25. The van der Waals surface area contributed by atoms with Crippen molar-refractivity contribution in [1.82, 2.24) is 10.2 Å². The van der Waals surface area contributed by atoms with Gasteiger partial charge >= 0.3 is 0 Å². The van der Waals surface area contributed by atoms with Gasteiger partial charge in [-0.25, -0.2) is 0 Å². The maximum Gasteiger partial charge on any atom is 0.119 e. The molecule has 0 saturated heterocycles. The van der Waals surface area contributed by atoms with Crippen molar-refractivity contribution in [2.45, 2.75) is 10.1 Å². The van der Waals surface area contributed by atoms with Gasteiger partial charge in [-0.15, -0.1) is 46.9 Å². The summed E-state index contributed by atoms with van der Waals surface area (Å²) in [5.74, 6) is 1.74. The summed E-state index contributed by atoms with van der Waals surface area (Å²) in [6.45, 7) is 7.30. The Morgan fingerprint density at radius 3 is 1.71 bits per heavy atom. The molecule has 0 unspecified atom stereocenters. The zero-order valence-corrected chi connectivity index (χ0v) is 9.48. The number of hydrogen-bond acceptors (Lipinski definition) is 4. The molecule has 0 fully saturated rings. The normalized spacial score (nSPS) is 9.71. The molecule has 0 N–H and O–H groups in total. The molecular formula is C10H12N2S2. The van der Waals surface area contributed by atoms with Crippen molar-refractivity contribution in [3.63, 3.8) is 0 Å². The molecule has 0 amide bonds. The van der Waals surface area contributed by atoms with Crippen LogP contribution in [0.25, 0.3) is 0 Å². The number of thioether (sulfide) groups is 2. The van der Waals surface area contributed by atoms with Gasteiger partial charge in [0.1, 0.15) is 10.1 Å². The van der Waals surface area contributed by atoms with Gasteiger partial charge < -0.3 is 0 Å². The second-order valence-electron chi connectivity index (χ2n) is 2.41. The van der Waals surface area contributed by atoms with E-state index in [-0.39, 0.29) is 0 Å². The fourth-order valence-corrected chi connectivity index (χ4v) is 1.85. The first kappa shape index (κ1) is 11.3. The van der Waals surface area contributed by atoms with Crippen molar-refractivity contribution < 1.29 is 0 Å². The van der Waals surface area contributed by atoms with E-state index in [1.54, 1.807) is 23.5 Å². The highest BCUT2D eigenvalue weighted by atomic mass is 32.2. The molecule has 0 aromatic carbocycles. The highest BCUT2D eigenvalue weighted by Crippen LogP contribution is 2.18. The van der Waals surface area contributed by atoms with Crippen LogP contribution in [0.15, 0.2) is 47.5 Å². The van der Waals surface area contributed by atoms with Gasteiger partial charge in [0.2, 0.25) is 0 Å². The van der Waals surface area contributed by atoms with Crippen molar-refractivity contribution in [2.75, 3.05) is 11.5 Å². The van der Waals surface area contributed by atoms with E-state index >= 15 is 0 Å². The molecule has 0 aliphatic rings. The monoisotopic (exact) mass is 224 g/mol. The molecule has 0 bridgehead atoms. The molecule has 0 aliphatic heterocycles. The second-order valence-corrected chi connectivity index (χ2v) is 4.49. The summed E-state index contributed by atoms with van der Waals surface area (Å²) in [6.07, 6.45) is 3.71. The molecule has 0 radical (unpaired) electrons. The SMILES string of the molecule is C=CCSc1ccc(SCC=C)nn1. The van der Waals surface area contributed by atoms with Crippen LogP contribution in [0.1, 0.15) is 0 Å². The van der Waals surface area contributed by atoms with E-state index in [2.05, 4.69) is 23.4 Å². The van der Waals surface area contributed by atoms with E-state index in [1.165, 1.54) is 0 Å². The van der Waals surface area contributed by atoms with Crippen LogP contribution >= 0.6 is 23.5 Å². The van der Waals surface area contributed by atoms with Crippen molar-refractivity contribution >= 4 is 23.5 Å². The van der Waals surface area contributed by atoms with Gasteiger partial charge in [0.05, 0.1) is 0 Å². The van der Waals surface area contributed by atoms with Crippen LogP contribution in [0.2, 0.25) is 0 Å². The first-order chi connectivity index (χ1) is 6.86. The van der Waals surface area contributed by atoms with E-state index < -0.39 is 0 Å². The standard InChI is InChI=1S/C10H12N2S2/c1-3-7-13-9-5-6-10(12-11-9)14-8-4-2/h3-6H,1-2,7-8H2. The van der Waals surface area contributed by atoms with Crippen LogP contribution < -0.4 is 0 Å². The van der Waals surface area contributed by atoms with E-state index in [1.807, 2.05) is 24.3 Å². The van der Waals surface area contributed by atoms with Gasteiger partial charge in [0.15, 0.2) is 0 Å². The van der Waals surface area contributed by atoms with Gasteiger partial charge in [-0.3, -0.25) is 0 Å². The number of rotatable bonds is 6. The van der Waals surface area contributed by atoms with Crippen LogP contribution in [-0.4, -0.2) is 21.7 Å². The van der Waals surface area contributed by atoms with Crippen LogP contribution in [0, 0.1) is 0 Å². The molecule has 0 atom stereocenters. The lowest BCUT2D eigenvalue weighted by Crippen LogP contribution is -1.88. The Labute approximate surface area is 92.9 Å². The van der Waals surface area contributed by atoms with Gasteiger partial charge in [-0.1, -0.05) is 12.2 Å². The molecule has 74 valence electrons. The predicted octanol–water partition coefficient (Wildman–Crippen LogP) is 3.03. The fraction of sp³-hybridized carbons (Fsp3) is 0.200. The summed E-state index contributed by atoms with van der Waals surface area (Å²) in [6, 6.07) is 3.96. The van der Waals surface area contributed by atoms with Crippen LogP contribution in [0.4, 0.5) is 0 Å². The third-order valence-corrected chi connectivity index (χ3v) is 3.15. The van der Waals surface area contributed by atoms with E-state index in [9.17, 15) is 0 Å². The summed E-state index contributed by atoms with van der Waals surface area (Å²) < 4.78 is 0. The van der Waals surface area contributed by atoms with Crippen molar-refractivity contribution in [3.8, 4) is 0 Å². The van der Waals surface area contributed by atoms with Crippen molar-refractivity contribution in [3.05, 3.63) is 37.4 Å². The lowest BCUT2D eigenvalue weighted by molar-refractivity contribution is 0.856. The molecule has 2 nitrogen and oxygen atoms in total. The molecule has 0 saturated carbocycles. The minimum absolute atomic E-state index is 0.869. The molecule has 0 aliphatic carbocycles. The fourth-order valence-electron chi connectivity index (χ4n) is 0.750. The summed E-state index contributed by atoms with van der Waals surface area (Å²) in [4.78, 5) is 0. The molecule has 1 heterocycles. The number of hydrogen-bond donors (Lipinski definition) is 0. The molecule has 0 spiro atoms. The Bertz CT molecular complexity index is 264. The Hall–Kier alpha value is -0.740. The van der Waals surface area contributed by atoms with Crippen LogP contribution in [-0.2, 0) is 0 Å². The third kappa shape index (κ3) is 3.98. The minimum atomic E-state index is 0.869. The first-order valence-corrected chi connectivity index (χ1v) is 6.15. The summed E-state index contributed by atoms with van der Waals surface area (Å²) in [7, 11) is 0. The number of nitrogens with zero attached hydrogens (tertiary/aromatic N) is 2. The van der Waals surface area contributed by atoms with Crippen molar-refractivity contribution in [1.29, 1.82) is 0 Å². The molecule has 1 aromatic heterocycles. The lowest BCUT2D eigenvalue weighted by atomic mass is 10.6. The molecule has 1 aromatic rings. The molecular weight excluding hydrogens is 212 g/mol. The van der Waals surface area contributed by atoms with Crippen molar-refractivity contribution in [2.24, 2.45) is 0 Å². The Balaban J connectivity index is 2.49. The smallest absolute Gasteiger partial charge is 0.119 e. The molecule has 14 heavy (non-hydrogen) atoms. The van der Waals surface area contributed by atoms with Gasteiger partial charge in [-0.05, 0) is 12.1 Å².